The topological polar surface area (TPSA) is 81.9 Å². The van der Waals surface area contributed by atoms with Crippen molar-refractivity contribution in [1.29, 1.82) is 0 Å². The molecule has 0 aliphatic rings. The van der Waals surface area contributed by atoms with Gasteiger partial charge in [0.2, 0.25) is 5.91 Å². The molecule has 0 aliphatic carbocycles. The third-order valence-corrected chi connectivity index (χ3v) is 7.69. The number of thioether (sulfide) groups is 1. The number of halogens is 3. The van der Waals surface area contributed by atoms with Crippen LogP contribution in [0.1, 0.15) is 31.3 Å². The highest BCUT2D eigenvalue weighted by molar-refractivity contribution is 7.99. The summed E-state index contributed by atoms with van der Waals surface area (Å²) in [6, 6.07) is 10.8. The van der Waals surface area contributed by atoms with E-state index in [9.17, 15) is 4.79 Å². The number of aryl methyl sites for hydroxylation is 1. The largest absolute Gasteiger partial charge is 0.481 e. The number of ether oxygens (including phenoxy) is 1. The zero-order chi connectivity index (χ0) is 25.8. The van der Waals surface area contributed by atoms with Crippen LogP contribution in [-0.4, -0.2) is 31.4 Å². The average Bonchev–Trinajstić information content (AvgIpc) is 3.46. The normalized spacial score (nSPS) is 11.9. The molecule has 0 aliphatic heterocycles. The fraction of sp³-hybridized carbons (Fsp3) is 0.250. The van der Waals surface area contributed by atoms with Crippen LogP contribution in [0.4, 0.5) is 5.13 Å². The maximum atomic E-state index is 12.6. The van der Waals surface area contributed by atoms with Crippen LogP contribution in [0.2, 0.25) is 15.1 Å². The smallest absolute Gasteiger partial charge is 0.236 e. The van der Waals surface area contributed by atoms with E-state index in [1.165, 1.54) is 23.1 Å². The first-order valence-corrected chi connectivity index (χ1v) is 13.9. The summed E-state index contributed by atoms with van der Waals surface area (Å²) in [5, 5.41) is 15.9. The molecule has 4 rings (SSSR count). The maximum Gasteiger partial charge on any atom is 0.236 e. The molecule has 1 unspecified atom stereocenters. The number of thiazole rings is 1. The molecular formula is C24H22Cl3N5O2S2. The lowest BCUT2D eigenvalue weighted by atomic mass is 10.2. The van der Waals surface area contributed by atoms with E-state index in [1.807, 2.05) is 42.9 Å². The Morgan fingerprint density at radius 3 is 2.72 bits per heavy atom. The number of aromatic nitrogens is 4. The van der Waals surface area contributed by atoms with Crippen molar-refractivity contribution in [2.24, 2.45) is 0 Å². The minimum absolute atomic E-state index is 0.147. The van der Waals surface area contributed by atoms with E-state index in [0.717, 1.165) is 11.1 Å². The van der Waals surface area contributed by atoms with Crippen LogP contribution in [0.15, 0.2) is 46.9 Å². The van der Waals surface area contributed by atoms with E-state index in [2.05, 4.69) is 20.5 Å². The first-order chi connectivity index (χ1) is 17.2. The highest BCUT2D eigenvalue weighted by Gasteiger charge is 2.21. The molecule has 2 aromatic carbocycles. The molecule has 0 saturated heterocycles. The lowest BCUT2D eigenvalue weighted by molar-refractivity contribution is -0.113. The molecule has 1 amide bonds. The van der Waals surface area contributed by atoms with Crippen LogP contribution in [-0.2, 0) is 11.3 Å². The van der Waals surface area contributed by atoms with Crippen molar-refractivity contribution in [3.63, 3.8) is 0 Å². The van der Waals surface area contributed by atoms with Crippen molar-refractivity contribution in [2.45, 2.75) is 38.6 Å². The molecule has 0 saturated carbocycles. The number of hydrogen-bond donors (Lipinski definition) is 1. The van der Waals surface area contributed by atoms with E-state index in [1.54, 1.807) is 24.3 Å². The fourth-order valence-corrected chi connectivity index (χ4v) is 5.59. The van der Waals surface area contributed by atoms with Crippen molar-refractivity contribution in [2.75, 3.05) is 11.1 Å². The van der Waals surface area contributed by atoms with Gasteiger partial charge in [-0.2, -0.15) is 0 Å². The standard InChI is InChI=1S/C24H22Cl3N5O2S2/c1-4-32-22(14(3)34-20-9-13(2)5-8-17(20)26)30-31-24(32)36-12-21(33)29-23-28-19(11-35-23)16-7-6-15(25)10-18(16)27/h5-11,14H,4,12H2,1-3H3,(H,28,29,33). The van der Waals surface area contributed by atoms with Gasteiger partial charge in [0.15, 0.2) is 22.2 Å². The second-order valence-corrected chi connectivity index (χ2v) is 10.8. The molecule has 12 heteroatoms. The van der Waals surface area contributed by atoms with Crippen molar-refractivity contribution in [1.82, 2.24) is 19.7 Å². The lowest BCUT2D eigenvalue weighted by Crippen LogP contribution is -2.15. The second-order valence-electron chi connectivity index (χ2n) is 7.78. The minimum Gasteiger partial charge on any atom is -0.481 e. The summed E-state index contributed by atoms with van der Waals surface area (Å²) < 4.78 is 7.99. The molecule has 2 heterocycles. The number of benzene rings is 2. The highest BCUT2D eigenvalue weighted by atomic mass is 35.5. The Hall–Kier alpha value is -2.30. The van der Waals surface area contributed by atoms with Crippen LogP contribution in [0.5, 0.6) is 5.75 Å². The summed E-state index contributed by atoms with van der Waals surface area (Å²) in [6.45, 7) is 6.48. The Morgan fingerprint density at radius 1 is 1.17 bits per heavy atom. The van der Waals surface area contributed by atoms with Crippen LogP contribution in [0, 0.1) is 6.92 Å². The van der Waals surface area contributed by atoms with Crippen LogP contribution in [0.25, 0.3) is 11.3 Å². The first kappa shape index (κ1) is 26.8. The number of anilines is 1. The molecule has 1 N–H and O–H groups in total. The monoisotopic (exact) mass is 581 g/mol. The van der Waals surface area contributed by atoms with Crippen LogP contribution >= 0.6 is 57.9 Å². The van der Waals surface area contributed by atoms with Gasteiger partial charge in [-0.25, -0.2) is 4.98 Å². The third kappa shape index (κ3) is 6.33. The van der Waals surface area contributed by atoms with Gasteiger partial charge in [-0.05, 0) is 56.7 Å². The predicted octanol–water partition coefficient (Wildman–Crippen LogP) is 7.56. The highest BCUT2D eigenvalue weighted by Crippen LogP contribution is 2.33. The van der Waals surface area contributed by atoms with Gasteiger partial charge in [-0.1, -0.05) is 52.6 Å². The van der Waals surface area contributed by atoms with Gasteiger partial charge in [-0.3, -0.25) is 4.79 Å². The molecule has 188 valence electrons. The number of carbonyl (C=O) groups is 1. The van der Waals surface area contributed by atoms with Crippen LogP contribution in [0.3, 0.4) is 0 Å². The Morgan fingerprint density at radius 2 is 1.97 bits per heavy atom. The SMILES string of the molecule is CCn1c(SCC(=O)Nc2nc(-c3ccc(Cl)cc3Cl)cs2)nnc1C(C)Oc1cc(C)ccc1Cl. The van der Waals surface area contributed by atoms with E-state index in [4.69, 9.17) is 39.5 Å². The molecule has 7 nitrogen and oxygen atoms in total. The molecule has 0 spiro atoms. The summed E-state index contributed by atoms with van der Waals surface area (Å²) in [5.74, 6) is 1.19. The maximum absolute atomic E-state index is 12.6. The van der Waals surface area contributed by atoms with Gasteiger partial charge >= 0.3 is 0 Å². The first-order valence-electron chi connectivity index (χ1n) is 10.9. The number of hydrogen-bond acceptors (Lipinski definition) is 7. The van der Waals surface area contributed by atoms with E-state index >= 15 is 0 Å². The lowest BCUT2D eigenvalue weighted by Gasteiger charge is -2.16. The third-order valence-electron chi connectivity index (χ3n) is 5.11. The van der Waals surface area contributed by atoms with Gasteiger partial charge in [0, 0.05) is 22.5 Å². The van der Waals surface area contributed by atoms with Crippen LogP contribution < -0.4 is 10.1 Å². The Bertz CT molecular complexity index is 1390. The molecule has 2 aromatic heterocycles. The number of nitrogens with zero attached hydrogens (tertiary/aromatic N) is 4. The molecule has 0 bridgehead atoms. The Labute approximate surface area is 232 Å². The molecular weight excluding hydrogens is 561 g/mol. The summed E-state index contributed by atoms with van der Waals surface area (Å²) in [6.07, 6.45) is -0.381. The predicted molar refractivity (Wildman–Crippen MR) is 148 cm³/mol. The van der Waals surface area contributed by atoms with E-state index < -0.39 is 0 Å². The molecule has 4 aromatic rings. The van der Waals surface area contributed by atoms with Gasteiger partial charge < -0.3 is 14.6 Å². The number of rotatable bonds is 9. The molecule has 36 heavy (non-hydrogen) atoms. The van der Waals surface area contributed by atoms with E-state index in [0.29, 0.717) is 49.2 Å². The minimum atomic E-state index is -0.381. The number of nitrogens with one attached hydrogen (secondary N) is 1. The summed E-state index contributed by atoms with van der Waals surface area (Å²) in [7, 11) is 0. The zero-order valence-corrected chi connectivity index (χ0v) is 23.5. The van der Waals surface area contributed by atoms with Gasteiger partial charge in [0.1, 0.15) is 5.75 Å². The van der Waals surface area contributed by atoms with E-state index in [-0.39, 0.29) is 17.8 Å². The summed E-state index contributed by atoms with van der Waals surface area (Å²) in [5.41, 5.74) is 2.46. The van der Waals surface area contributed by atoms with Crippen molar-refractivity contribution in [3.05, 3.63) is 68.2 Å². The van der Waals surface area contributed by atoms with Crippen molar-refractivity contribution >= 4 is 68.9 Å². The molecule has 0 radical (unpaired) electrons. The van der Waals surface area contributed by atoms with Gasteiger partial charge in [-0.15, -0.1) is 21.5 Å². The van der Waals surface area contributed by atoms with Gasteiger partial charge in [0.25, 0.3) is 0 Å². The fourth-order valence-electron chi connectivity index (χ4n) is 3.39. The van der Waals surface area contributed by atoms with Crippen molar-refractivity contribution in [3.8, 4) is 17.0 Å². The Balaban J connectivity index is 1.38. The Kier molecular flexibility index (Phi) is 8.79. The molecule has 1 atom stereocenters. The average molecular weight is 583 g/mol. The second kappa shape index (κ2) is 11.8. The summed E-state index contributed by atoms with van der Waals surface area (Å²) >= 11 is 21.1. The van der Waals surface area contributed by atoms with Gasteiger partial charge in [0.05, 0.1) is 21.5 Å². The number of amides is 1. The quantitative estimate of drug-likeness (QED) is 0.205. The van der Waals surface area contributed by atoms with Crippen molar-refractivity contribution < 1.29 is 9.53 Å². The number of carbonyl (C=O) groups excluding carboxylic acids is 1. The molecule has 0 fully saturated rings. The summed E-state index contributed by atoms with van der Waals surface area (Å²) in [4.78, 5) is 17.1. The zero-order valence-electron chi connectivity index (χ0n) is 19.6.